The lowest BCUT2D eigenvalue weighted by Gasteiger charge is -2.23. The van der Waals surface area contributed by atoms with Gasteiger partial charge in [0.05, 0.1) is 0 Å². The normalized spacial score (nSPS) is 20.9. The van der Waals surface area contributed by atoms with Crippen LogP contribution < -0.4 is 10.1 Å². The number of nitrogens with one attached hydrogen (secondary N) is 1. The Bertz CT molecular complexity index is 295. The molecule has 0 radical (unpaired) electrons. The van der Waals surface area contributed by atoms with Crippen molar-refractivity contribution >= 4 is 11.3 Å². The Morgan fingerprint density at radius 1 is 1.69 bits per heavy atom. The molecule has 0 aromatic carbocycles. The van der Waals surface area contributed by atoms with Crippen molar-refractivity contribution in [3.8, 4) is 5.75 Å². The van der Waals surface area contributed by atoms with E-state index in [0.717, 1.165) is 19.4 Å². The Morgan fingerprint density at radius 3 is 3.23 bits per heavy atom. The summed E-state index contributed by atoms with van der Waals surface area (Å²) in [5, 5.41) is 5.48. The van der Waals surface area contributed by atoms with E-state index in [9.17, 15) is 0 Å². The smallest absolute Gasteiger partial charge is 0.136 e. The standard InChI is InChI=1S/C10H15NOS/c1-3-7-6-13-9-4-8(11-2)5-12-10(7)9/h6,8,11H,3-5H2,1-2H3. The highest BCUT2D eigenvalue weighted by Gasteiger charge is 2.21. The van der Waals surface area contributed by atoms with Gasteiger partial charge in [0.1, 0.15) is 12.4 Å². The maximum absolute atomic E-state index is 5.74. The molecule has 72 valence electrons. The second-order valence-electron chi connectivity index (χ2n) is 3.37. The summed E-state index contributed by atoms with van der Waals surface area (Å²) in [6.45, 7) is 2.99. The molecule has 1 aliphatic heterocycles. The molecule has 0 spiro atoms. The van der Waals surface area contributed by atoms with E-state index in [1.807, 2.05) is 18.4 Å². The van der Waals surface area contributed by atoms with Crippen molar-refractivity contribution in [3.63, 3.8) is 0 Å². The van der Waals surface area contributed by atoms with Crippen LogP contribution in [0.5, 0.6) is 5.75 Å². The molecule has 0 saturated heterocycles. The first-order chi connectivity index (χ1) is 6.35. The molecule has 1 atom stereocenters. The van der Waals surface area contributed by atoms with Gasteiger partial charge in [0.25, 0.3) is 0 Å². The van der Waals surface area contributed by atoms with Crippen LogP contribution in [0.4, 0.5) is 0 Å². The summed E-state index contributed by atoms with van der Waals surface area (Å²) >= 11 is 1.83. The average molecular weight is 197 g/mol. The highest BCUT2D eigenvalue weighted by molar-refractivity contribution is 7.10. The number of hydrogen-bond acceptors (Lipinski definition) is 3. The monoisotopic (exact) mass is 197 g/mol. The average Bonchev–Trinajstić information content (AvgIpc) is 2.59. The molecule has 1 unspecified atom stereocenters. The first kappa shape index (κ1) is 9.03. The molecule has 1 aromatic rings. The highest BCUT2D eigenvalue weighted by Crippen LogP contribution is 2.34. The van der Waals surface area contributed by atoms with Crippen LogP contribution in [-0.2, 0) is 12.8 Å². The van der Waals surface area contributed by atoms with Crippen LogP contribution in [0.2, 0.25) is 0 Å². The molecular formula is C10H15NOS. The SMILES string of the molecule is CCc1csc2c1OCC(NC)C2. The van der Waals surface area contributed by atoms with Gasteiger partial charge in [-0.15, -0.1) is 11.3 Å². The Labute approximate surface area is 82.9 Å². The summed E-state index contributed by atoms with van der Waals surface area (Å²) in [6.07, 6.45) is 2.20. The first-order valence-corrected chi connectivity index (χ1v) is 5.62. The Kier molecular flexibility index (Phi) is 2.56. The Hall–Kier alpha value is -0.540. The zero-order valence-electron chi connectivity index (χ0n) is 8.09. The second kappa shape index (κ2) is 3.68. The van der Waals surface area contributed by atoms with Crippen LogP contribution in [0.1, 0.15) is 17.4 Å². The number of ether oxygens (including phenoxy) is 1. The topological polar surface area (TPSA) is 21.3 Å². The summed E-state index contributed by atoms with van der Waals surface area (Å²) in [5.74, 6) is 1.17. The quantitative estimate of drug-likeness (QED) is 0.781. The molecular weight excluding hydrogens is 182 g/mol. The van der Waals surface area contributed by atoms with Crippen molar-refractivity contribution < 1.29 is 4.74 Å². The van der Waals surface area contributed by atoms with Crippen LogP contribution in [0.25, 0.3) is 0 Å². The van der Waals surface area contributed by atoms with Gasteiger partial charge in [0, 0.05) is 22.9 Å². The van der Waals surface area contributed by atoms with Gasteiger partial charge in [0.2, 0.25) is 0 Å². The largest absolute Gasteiger partial charge is 0.490 e. The third kappa shape index (κ3) is 1.58. The van der Waals surface area contributed by atoms with E-state index in [1.54, 1.807) is 0 Å². The molecule has 1 aliphatic rings. The third-order valence-electron chi connectivity index (χ3n) is 2.54. The van der Waals surface area contributed by atoms with Crippen LogP contribution in [0.15, 0.2) is 5.38 Å². The van der Waals surface area contributed by atoms with Crippen LogP contribution in [0, 0.1) is 0 Å². The molecule has 2 heterocycles. The number of likely N-dealkylation sites (N-methyl/N-ethyl adjacent to an activating group) is 1. The molecule has 0 saturated carbocycles. The van der Waals surface area contributed by atoms with E-state index in [1.165, 1.54) is 16.2 Å². The van der Waals surface area contributed by atoms with E-state index >= 15 is 0 Å². The van der Waals surface area contributed by atoms with Crippen molar-refractivity contribution in [2.24, 2.45) is 0 Å². The molecule has 2 nitrogen and oxygen atoms in total. The molecule has 1 aromatic heterocycles. The van der Waals surface area contributed by atoms with Crippen molar-refractivity contribution in [1.29, 1.82) is 0 Å². The van der Waals surface area contributed by atoms with Crippen molar-refractivity contribution in [2.45, 2.75) is 25.8 Å². The lowest BCUT2D eigenvalue weighted by Crippen LogP contribution is -2.36. The predicted molar refractivity (Wildman–Crippen MR) is 55.7 cm³/mol. The molecule has 0 fully saturated rings. The van der Waals surface area contributed by atoms with Gasteiger partial charge in [-0.05, 0) is 18.8 Å². The minimum absolute atomic E-state index is 0.496. The van der Waals surface area contributed by atoms with Crippen molar-refractivity contribution in [1.82, 2.24) is 5.32 Å². The van der Waals surface area contributed by atoms with Gasteiger partial charge in [-0.3, -0.25) is 0 Å². The molecule has 3 heteroatoms. The molecule has 0 amide bonds. The molecule has 2 rings (SSSR count). The van der Waals surface area contributed by atoms with Gasteiger partial charge >= 0.3 is 0 Å². The van der Waals surface area contributed by atoms with Gasteiger partial charge in [-0.25, -0.2) is 0 Å². The van der Waals surface area contributed by atoms with Crippen LogP contribution in [0.3, 0.4) is 0 Å². The first-order valence-electron chi connectivity index (χ1n) is 4.74. The zero-order chi connectivity index (χ0) is 9.26. The van der Waals surface area contributed by atoms with Crippen molar-refractivity contribution in [2.75, 3.05) is 13.7 Å². The van der Waals surface area contributed by atoms with E-state index in [2.05, 4.69) is 17.6 Å². The number of aryl methyl sites for hydroxylation is 1. The van der Waals surface area contributed by atoms with Gasteiger partial charge in [-0.1, -0.05) is 6.92 Å². The maximum atomic E-state index is 5.74. The summed E-state index contributed by atoms with van der Waals surface area (Å²) in [7, 11) is 1.99. The molecule has 0 aliphatic carbocycles. The summed E-state index contributed by atoms with van der Waals surface area (Å²) < 4.78 is 5.74. The fourth-order valence-corrected chi connectivity index (χ4v) is 2.79. The maximum Gasteiger partial charge on any atom is 0.136 e. The summed E-state index contributed by atoms with van der Waals surface area (Å²) in [5.41, 5.74) is 1.37. The second-order valence-corrected chi connectivity index (χ2v) is 4.33. The van der Waals surface area contributed by atoms with E-state index in [0.29, 0.717) is 6.04 Å². The number of fused-ring (bicyclic) bond motifs is 1. The predicted octanol–water partition coefficient (Wildman–Crippen LogP) is 1.83. The highest BCUT2D eigenvalue weighted by atomic mass is 32.1. The number of rotatable bonds is 2. The van der Waals surface area contributed by atoms with E-state index in [4.69, 9.17) is 4.74 Å². The van der Waals surface area contributed by atoms with E-state index in [-0.39, 0.29) is 0 Å². The third-order valence-corrected chi connectivity index (χ3v) is 3.58. The number of thiophene rings is 1. The Morgan fingerprint density at radius 2 is 2.54 bits per heavy atom. The number of hydrogen-bond donors (Lipinski definition) is 1. The van der Waals surface area contributed by atoms with Gasteiger partial charge in [-0.2, -0.15) is 0 Å². The Balaban J connectivity index is 2.22. The fraction of sp³-hybridized carbons (Fsp3) is 0.600. The minimum atomic E-state index is 0.496. The van der Waals surface area contributed by atoms with Crippen molar-refractivity contribution in [3.05, 3.63) is 15.8 Å². The van der Waals surface area contributed by atoms with Gasteiger partial charge < -0.3 is 10.1 Å². The lowest BCUT2D eigenvalue weighted by atomic mass is 10.1. The molecule has 1 N–H and O–H groups in total. The lowest BCUT2D eigenvalue weighted by molar-refractivity contribution is 0.246. The summed E-state index contributed by atoms with van der Waals surface area (Å²) in [6, 6.07) is 0.496. The van der Waals surface area contributed by atoms with Crippen LogP contribution in [-0.4, -0.2) is 19.7 Å². The van der Waals surface area contributed by atoms with Crippen LogP contribution >= 0.6 is 11.3 Å². The molecule has 13 heavy (non-hydrogen) atoms. The van der Waals surface area contributed by atoms with E-state index < -0.39 is 0 Å². The zero-order valence-corrected chi connectivity index (χ0v) is 8.91. The van der Waals surface area contributed by atoms with Gasteiger partial charge in [0.15, 0.2) is 0 Å². The summed E-state index contributed by atoms with van der Waals surface area (Å²) in [4.78, 5) is 1.41. The molecule has 0 bridgehead atoms. The fourth-order valence-electron chi connectivity index (χ4n) is 1.64. The minimum Gasteiger partial charge on any atom is -0.490 e.